The zero-order valence-electron chi connectivity index (χ0n) is 10.9. The molecule has 3 rings (SSSR count). The van der Waals surface area contributed by atoms with E-state index >= 15 is 0 Å². The average Bonchev–Trinajstić information content (AvgIpc) is 2.98. The molecular formula is C14H16N2O2S. The van der Waals surface area contributed by atoms with Gasteiger partial charge in [0.25, 0.3) is 5.91 Å². The predicted octanol–water partition coefficient (Wildman–Crippen LogP) is 3.04. The fraction of sp³-hybridized carbons (Fsp3) is 0.429. The number of hydrogen-bond acceptors (Lipinski definition) is 4. The number of thioether (sulfide) groups is 1. The normalized spacial score (nSPS) is 22.2. The highest BCUT2D eigenvalue weighted by Gasteiger charge is 2.27. The lowest BCUT2D eigenvalue weighted by Crippen LogP contribution is -2.33. The van der Waals surface area contributed by atoms with Gasteiger partial charge in [0.2, 0.25) is 0 Å². The molecule has 0 unspecified atom stereocenters. The number of likely N-dealkylation sites (tertiary alicyclic amines) is 1. The van der Waals surface area contributed by atoms with Gasteiger partial charge in [-0.3, -0.25) is 4.79 Å². The molecule has 100 valence electrons. The Balaban J connectivity index is 1.74. The van der Waals surface area contributed by atoms with E-state index < -0.39 is 0 Å². The quantitative estimate of drug-likeness (QED) is 0.740. The highest BCUT2D eigenvalue weighted by molar-refractivity contribution is 8.18. The van der Waals surface area contributed by atoms with E-state index in [-0.39, 0.29) is 5.91 Å². The van der Waals surface area contributed by atoms with E-state index in [1.54, 1.807) is 6.08 Å². The highest BCUT2D eigenvalue weighted by Crippen LogP contribution is 2.31. The maximum atomic E-state index is 11.9. The van der Waals surface area contributed by atoms with Crippen molar-refractivity contribution in [3.63, 3.8) is 0 Å². The van der Waals surface area contributed by atoms with Gasteiger partial charge in [-0.15, -0.1) is 0 Å². The molecule has 1 amide bonds. The van der Waals surface area contributed by atoms with Crippen LogP contribution >= 0.6 is 11.8 Å². The molecule has 0 saturated carbocycles. The number of aliphatic imine (C=N–C) groups is 1. The van der Waals surface area contributed by atoms with Gasteiger partial charge in [0.1, 0.15) is 11.5 Å². The number of amides is 1. The molecule has 3 heterocycles. The third-order valence-electron chi connectivity index (χ3n) is 3.27. The maximum Gasteiger partial charge on any atom is 0.286 e. The van der Waals surface area contributed by atoms with Gasteiger partial charge in [0.15, 0.2) is 5.17 Å². The van der Waals surface area contributed by atoms with Crippen LogP contribution in [0.1, 0.15) is 30.8 Å². The van der Waals surface area contributed by atoms with Crippen LogP contribution in [0.25, 0.3) is 6.08 Å². The van der Waals surface area contributed by atoms with Crippen LogP contribution in [0.5, 0.6) is 0 Å². The number of carbonyl (C=O) groups excluding carboxylic acids is 1. The van der Waals surface area contributed by atoms with E-state index in [1.165, 1.54) is 31.0 Å². The predicted molar refractivity (Wildman–Crippen MR) is 76.9 cm³/mol. The molecule has 0 aliphatic carbocycles. The van der Waals surface area contributed by atoms with Gasteiger partial charge >= 0.3 is 0 Å². The van der Waals surface area contributed by atoms with Crippen molar-refractivity contribution in [1.29, 1.82) is 0 Å². The Bertz CT molecular complexity index is 554. The second-order valence-corrected chi connectivity index (χ2v) is 5.82. The topological polar surface area (TPSA) is 45.8 Å². The van der Waals surface area contributed by atoms with Gasteiger partial charge in [-0.05, 0) is 50.1 Å². The molecule has 0 aromatic carbocycles. The third-order valence-corrected chi connectivity index (χ3v) is 4.31. The van der Waals surface area contributed by atoms with E-state index in [9.17, 15) is 4.79 Å². The van der Waals surface area contributed by atoms with Gasteiger partial charge in [-0.1, -0.05) is 0 Å². The van der Waals surface area contributed by atoms with E-state index in [0.29, 0.717) is 10.7 Å². The van der Waals surface area contributed by atoms with Gasteiger partial charge in [0.05, 0.1) is 4.91 Å². The Morgan fingerprint density at radius 2 is 2.11 bits per heavy atom. The smallest absolute Gasteiger partial charge is 0.286 e. The Morgan fingerprint density at radius 1 is 1.32 bits per heavy atom. The van der Waals surface area contributed by atoms with Crippen LogP contribution in [0.3, 0.4) is 0 Å². The summed E-state index contributed by atoms with van der Waals surface area (Å²) in [6.45, 7) is 3.90. The van der Waals surface area contributed by atoms with Crippen LogP contribution < -0.4 is 0 Å². The number of nitrogens with zero attached hydrogens (tertiary/aromatic N) is 2. The first-order chi connectivity index (χ1) is 9.22. The standard InChI is InChI=1S/C14H16N2O2S/c1-10-5-6-11(18-10)9-12-13(17)15-14(19-12)16-7-3-2-4-8-16/h5-6,9H,2-4,7-8H2,1H3. The average molecular weight is 276 g/mol. The van der Waals surface area contributed by atoms with Crippen LogP contribution in [-0.2, 0) is 4.79 Å². The van der Waals surface area contributed by atoms with Crippen LogP contribution in [0.15, 0.2) is 26.4 Å². The fourth-order valence-electron chi connectivity index (χ4n) is 2.28. The van der Waals surface area contributed by atoms with Crippen LogP contribution in [0.2, 0.25) is 0 Å². The maximum absolute atomic E-state index is 11.9. The first kappa shape index (κ1) is 12.5. The fourth-order valence-corrected chi connectivity index (χ4v) is 3.22. The molecule has 0 radical (unpaired) electrons. The van der Waals surface area contributed by atoms with E-state index in [4.69, 9.17) is 4.42 Å². The summed E-state index contributed by atoms with van der Waals surface area (Å²) in [6.07, 6.45) is 5.42. The van der Waals surface area contributed by atoms with Gasteiger partial charge in [0, 0.05) is 19.2 Å². The second kappa shape index (κ2) is 5.25. The van der Waals surface area contributed by atoms with Crippen molar-refractivity contribution in [2.45, 2.75) is 26.2 Å². The van der Waals surface area contributed by atoms with Gasteiger partial charge in [-0.2, -0.15) is 4.99 Å². The Labute approximate surface area is 116 Å². The van der Waals surface area contributed by atoms with Crippen molar-refractivity contribution in [1.82, 2.24) is 4.90 Å². The van der Waals surface area contributed by atoms with Crippen molar-refractivity contribution >= 4 is 28.9 Å². The Morgan fingerprint density at radius 3 is 2.79 bits per heavy atom. The van der Waals surface area contributed by atoms with Crippen molar-refractivity contribution in [3.8, 4) is 0 Å². The minimum atomic E-state index is -0.153. The number of furan rings is 1. The summed E-state index contributed by atoms with van der Waals surface area (Å²) in [5.41, 5.74) is 0. The highest BCUT2D eigenvalue weighted by atomic mass is 32.2. The van der Waals surface area contributed by atoms with Crippen LogP contribution in [0.4, 0.5) is 0 Å². The first-order valence-electron chi connectivity index (χ1n) is 6.56. The number of aryl methyl sites for hydroxylation is 1. The number of hydrogen-bond donors (Lipinski definition) is 0. The summed E-state index contributed by atoms with van der Waals surface area (Å²) in [7, 11) is 0. The molecule has 1 saturated heterocycles. The lowest BCUT2D eigenvalue weighted by molar-refractivity contribution is -0.113. The van der Waals surface area contributed by atoms with Gasteiger partial charge < -0.3 is 9.32 Å². The number of amidine groups is 1. The SMILES string of the molecule is Cc1ccc(C=C2SC(N3CCCCC3)=NC2=O)o1. The molecule has 0 N–H and O–H groups in total. The largest absolute Gasteiger partial charge is 0.462 e. The lowest BCUT2D eigenvalue weighted by Gasteiger charge is -2.27. The number of piperidine rings is 1. The van der Waals surface area contributed by atoms with E-state index in [2.05, 4.69) is 9.89 Å². The second-order valence-electron chi connectivity index (χ2n) is 4.81. The Kier molecular flexibility index (Phi) is 3.46. The van der Waals surface area contributed by atoms with Crippen molar-refractivity contribution in [3.05, 3.63) is 28.6 Å². The molecule has 5 heteroatoms. The molecule has 0 spiro atoms. The minimum absolute atomic E-state index is 0.153. The number of rotatable bonds is 1. The summed E-state index contributed by atoms with van der Waals surface area (Å²) in [5.74, 6) is 1.41. The minimum Gasteiger partial charge on any atom is -0.462 e. The molecule has 2 aliphatic rings. The molecule has 2 aliphatic heterocycles. The third kappa shape index (κ3) is 2.76. The van der Waals surface area contributed by atoms with Crippen molar-refractivity contribution < 1.29 is 9.21 Å². The molecule has 4 nitrogen and oxygen atoms in total. The molecular weight excluding hydrogens is 260 g/mol. The van der Waals surface area contributed by atoms with E-state index in [1.807, 2.05) is 19.1 Å². The first-order valence-corrected chi connectivity index (χ1v) is 7.38. The monoisotopic (exact) mass is 276 g/mol. The summed E-state index contributed by atoms with van der Waals surface area (Å²) in [4.78, 5) is 18.9. The molecule has 0 atom stereocenters. The van der Waals surface area contributed by atoms with Crippen LogP contribution in [0, 0.1) is 6.92 Å². The molecule has 1 fully saturated rings. The lowest BCUT2D eigenvalue weighted by atomic mass is 10.1. The van der Waals surface area contributed by atoms with Crippen molar-refractivity contribution in [2.75, 3.05) is 13.1 Å². The number of carbonyl (C=O) groups is 1. The molecule has 1 aromatic rings. The van der Waals surface area contributed by atoms with E-state index in [0.717, 1.165) is 24.0 Å². The summed E-state index contributed by atoms with van der Waals surface area (Å²) in [6, 6.07) is 3.76. The van der Waals surface area contributed by atoms with Gasteiger partial charge in [-0.25, -0.2) is 0 Å². The zero-order chi connectivity index (χ0) is 13.2. The summed E-state index contributed by atoms with van der Waals surface area (Å²) >= 11 is 1.46. The Hall–Kier alpha value is -1.49. The summed E-state index contributed by atoms with van der Waals surface area (Å²) in [5, 5.41) is 0.847. The van der Waals surface area contributed by atoms with Crippen LogP contribution in [-0.4, -0.2) is 29.1 Å². The molecule has 1 aromatic heterocycles. The summed E-state index contributed by atoms with van der Waals surface area (Å²) < 4.78 is 5.47. The molecule has 0 bridgehead atoms. The molecule has 19 heavy (non-hydrogen) atoms. The van der Waals surface area contributed by atoms with Crippen molar-refractivity contribution in [2.24, 2.45) is 4.99 Å². The zero-order valence-corrected chi connectivity index (χ0v) is 11.7.